The Morgan fingerprint density at radius 2 is 1.79 bits per heavy atom. The van der Waals surface area contributed by atoms with E-state index in [9.17, 15) is 4.79 Å². The molecule has 7 nitrogen and oxygen atoms in total. The minimum absolute atomic E-state index is 0.0483. The molecule has 0 spiro atoms. The molecule has 1 N–H and O–H groups in total. The van der Waals surface area contributed by atoms with E-state index in [4.69, 9.17) is 15.0 Å². The second-order valence-electron chi connectivity index (χ2n) is 15.1. The SMILES string of the molecule is CNC(=O)OC1CCCC1C(CCC1C=CN=C(C(C)C)CC1)(c1ccccc1)C1CCN(CC2CN(c3ccc(C#N)cc3)C2)CC1. The molecule has 4 atom stereocenters. The lowest BCUT2D eigenvalue weighted by atomic mass is 9.56. The maximum Gasteiger partial charge on any atom is 0.407 e. The molecular weight excluding hydrogens is 594 g/mol. The summed E-state index contributed by atoms with van der Waals surface area (Å²) in [4.78, 5) is 22.6. The monoisotopic (exact) mass is 649 g/mol. The highest BCUT2D eigenvalue weighted by atomic mass is 16.6. The maximum atomic E-state index is 12.6. The van der Waals surface area contributed by atoms with Gasteiger partial charge in [0, 0.05) is 61.5 Å². The van der Waals surface area contributed by atoms with Gasteiger partial charge in [0.25, 0.3) is 0 Å². The second kappa shape index (κ2) is 15.7. The van der Waals surface area contributed by atoms with Crippen molar-refractivity contribution in [3.63, 3.8) is 0 Å². The normalized spacial score (nSPS) is 25.1. The van der Waals surface area contributed by atoms with E-state index in [1.165, 1.54) is 29.8 Å². The number of carbonyl (C=O) groups is 1. The molecule has 7 heteroatoms. The molecule has 0 aromatic heterocycles. The third kappa shape index (κ3) is 7.65. The van der Waals surface area contributed by atoms with E-state index in [1.54, 1.807) is 7.05 Å². The highest BCUT2D eigenvalue weighted by Crippen LogP contribution is 2.54. The van der Waals surface area contributed by atoms with Gasteiger partial charge in [0.05, 0.1) is 11.6 Å². The van der Waals surface area contributed by atoms with Crippen LogP contribution in [-0.2, 0) is 10.2 Å². The number of nitrogens with one attached hydrogen (secondary N) is 1. The highest BCUT2D eigenvalue weighted by Gasteiger charge is 2.52. The molecule has 2 aromatic carbocycles. The number of benzene rings is 2. The van der Waals surface area contributed by atoms with Crippen molar-refractivity contribution in [3.8, 4) is 6.07 Å². The van der Waals surface area contributed by atoms with Gasteiger partial charge in [0.2, 0.25) is 0 Å². The first-order valence-electron chi connectivity index (χ1n) is 18.5. The fourth-order valence-corrected chi connectivity index (χ4v) is 9.38. The number of hydrogen-bond acceptors (Lipinski definition) is 6. The minimum atomic E-state index is -0.302. The average Bonchev–Trinajstić information content (AvgIpc) is 3.42. The van der Waals surface area contributed by atoms with Crippen LogP contribution < -0.4 is 10.2 Å². The van der Waals surface area contributed by atoms with Crippen LogP contribution in [0.25, 0.3) is 0 Å². The number of likely N-dealkylation sites (tertiary alicyclic amines) is 1. The molecule has 3 heterocycles. The van der Waals surface area contributed by atoms with E-state index < -0.39 is 0 Å². The summed E-state index contributed by atoms with van der Waals surface area (Å²) in [6, 6.07) is 21.5. The lowest BCUT2D eigenvalue weighted by Crippen LogP contribution is -2.54. The zero-order chi connectivity index (χ0) is 33.5. The molecule has 3 fully saturated rings. The van der Waals surface area contributed by atoms with Crippen LogP contribution in [0, 0.1) is 40.9 Å². The zero-order valence-corrected chi connectivity index (χ0v) is 29.3. The Morgan fingerprint density at radius 1 is 1.04 bits per heavy atom. The van der Waals surface area contributed by atoms with Crippen LogP contribution in [0.1, 0.15) is 82.8 Å². The van der Waals surface area contributed by atoms with Crippen LogP contribution in [0.15, 0.2) is 71.9 Å². The third-order valence-electron chi connectivity index (χ3n) is 12.0. The molecule has 4 unspecified atom stereocenters. The number of ether oxygens (including phenoxy) is 1. The van der Waals surface area contributed by atoms with E-state index in [1.807, 2.05) is 12.1 Å². The van der Waals surface area contributed by atoms with Gasteiger partial charge in [0.1, 0.15) is 6.10 Å². The first-order valence-corrected chi connectivity index (χ1v) is 18.5. The summed E-state index contributed by atoms with van der Waals surface area (Å²) >= 11 is 0. The predicted octanol–water partition coefficient (Wildman–Crippen LogP) is 7.97. The van der Waals surface area contributed by atoms with Crippen LogP contribution in [0.2, 0.25) is 0 Å². The van der Waals surface area contributed by atoms with Crippen molar-refractivity contribution < 1.29 is 9.53 Å². The number of nitriles is 1. The van der Waals surface area contributed by atoms with E-state index in [0.29, 0.717) is 29.6 Å². The number of aliphatic imine (C=N–C) groups is 1. The number of anilines is 1. The number of amides is 1. The summed E-state index contributed by atoms with van der Waals surface area (Å²) in [6.07, 6.45) is 14.0. The van der Waals surface area contributed by atoms with Crippen molar-refractivity contribution in [2.24, 2.45) is 34.6 Å². The van der Waals surface area contributed by atoms with Crippen molar-refractivity contribution in [1.29, 1.82) is 5.26 Å². The molecule has 256 valence electrons. The molecule has 2 saturated heterocycles. The van der Waals surface area contributed by atoms with Gasteiger partial charge >= 0.3 is 6.09 Å². The Kier molecular flexibility index (Phi) is 11.2. The summed E-state index contributed by atoms with van der Waals surface area (Å²) in [5.41, 5.74) is 4.64. The Hall–Kier alpha value is -3.63. The van der Waals surface area contributed by atoms with Gasteiger partial charge in [-0.05, 0) is 118 Å². The Morgan fingerprint density at radius 3 is 2.48 bits per heavy atom. The van der Waals surface area contributed by atoms with Gasteiger partial charge in [0.15, 0.2) is 0 Å². The molecule has 4 aliphatic rings. The summed E-state index contributed by atoms with van der Waals surface area (Å²) in [7, 11) is 1.67. The quantitative estimate of drug-likeness (QED) is 0.267. The number of hydrogen-bond donors (Lipinski definition) is 1. The van der Waals surface area contributed by atoms with E-state index in [0.717, 1.165) is 83.2 Å². The van der Waals surface area contributed by atoms with Crippen LogP contribution in [0.5, 0.6) is 0 Å². The fourth-order valence-electron chi connectivity index (χ4n) is 9.38. The second-order valence-corrected chi connectivity index (χ2v) is 15.1. The van der Waals surface area contributed by atoms with Crippen molar-refractivity contribution in [2.75, 3.05) is 44.7 Å². The highest BCUT2D eigenvalue weighted by molar-refractivity contribution is 5.86. The molecule has 1 amide bonds. The number of carbonyl (C=O) groups excluding carboxylic acids is 1. The first kappa shape index (κ1) is 34.2. The van der Waals surface area contributed by atoms with Crippen molar-refractivity contribution in [1.82, 2.24) is 10.2 Å². The maximum absolute atomic E-state index is 12.6. The summed E-state index contributed by atoms with van der Waals surface area (Å²) < 4.78 is 6.19. The van der Waals surface area contributed by atoms with E-state index in [2.05, 4.69) is 89.8 Å². The molecule has 48 heavy (non-hydrogen) atoms. The lowest BCUT2D eigenvalue weighted by Gasteiger charge is -2.51. The van der Waals surface area contributed by atoms with Gasteiger partial charge in [-0.1, -0.05) is 50.3 Å². The Bertz CT molecular complexity index is 1450. The standard InChI is InChI=1S/C41H55N5O2/c1-30(2)38-17-14-31(19-23-44-38)18-22-41(34-8-5-4-6-9-34,37-10-7-11-39(37)48-40(47)43-3)35-20-24-45(25-21-35)27-33-28-46(29-33)36-15-12-32(26-42)13-16-36/h4-6,8-9,12-13,15-16,19,23,30-31,33,35,37,39H,7,10-11,14,17-18,20-22,24-25,27-29H2,1-3H3,(H,43,47). The predicted molar refractivity (Wildman–Crippen MR) is 194 cm³/mol. The molecule has 6 rings (SSSR count). The topological polar surface area (TPSA) is 81.0 Å². The summed E-state index contributed by atoms with van der Waals surface area (Å²) in [5, 5.41) is 11.9. The van der Waals surface area contributed by atoms with Crippen LogP contribution in [0.3, 0.4) is 0 Å². The largest absolute Gasteiger partial charge is 0.446 e. The number of nitrogens with zero attached hydrogens (tertiary/aromatic N) is 4. The lowest BCUT2D eigenvalue weighted by molar-refractivity contribution is 0.00381. The van der Waals surface area contributed by atoms with E-state index in [-0.39, 0.29) is 17.6 Å². The number of allylic oxidation sites excluding steroid dienone is 1. The molecule has 0 radical (unpaired) electrons. The summed E-state index contributed by atoms with van der Waals surface area (Å²) in [5.74, 6) is 2.51. The van der Waals surface area contributed by atoms with Crippen molar-refractivity contribution >= 4 is 17.5 Å². The molecule has 1 saturated carbocycles. The van der Waals surface area contributed by atoms with Crippen LogP contribution in [-0.4, -0.2) is 62.6 Å². The Labute approximate surface area is 288 Å². The third-order valence-corrected chi connectivity index (χ3v) is 12.0. The van der Waals surface area contributed by atoms with Crippen molar-refractivity contribution in [3.05, 3.63) is 78.0 Å². The number of alkyl carbamates (subject to hydrolysis) is 1. The van der Waals surface area contributed by atoms with Gasteiger partial charge in [-0.3, -0.25) is 4.99 Å². The van der Waals surface area contributed by atoms with E-state index >= 15 is 0 Å². The number of rotatable bonds is 11. The molecule has 2 aromatic rings. The van der Waals surface area contributed by atoms with Gasteiger partial charge in [-0.2, -0.15) is 5.26 Å². The molecular formula is C41H55N5O2. The average molecular weight is 650 g/mol. The summed E-state index contributed by atoms with van der Waals surface area (Å²) in [6.45, 7) is 10.1. The molecule has 1 aliphatic carbocycles. The van der Waals surface area contributed by atoms with Gasteiger partial charge in [-0.15, -0.1) is 0 Å². The smallest absolute Gasteiger partial charge is 0.407 e. The minimum Gasteiger partial charge on any atom is -0.446 e. The van der Waals surface area contributed by atoms with Crippen LogP contribution >= 0.6 is 0 Å². The molecule has 0 bridgehead atoms. The van der Waals surface area contributed by atoms with Crippen LogP contribution in [0.4, 0.5) is 10.5 Å². The number of piperidine rings is 1. The first-order chi connectivity index (χ1) is 23.4. The van der Waals surface area contributed by atoms with Gasteiger partial charge < -0.3 is 19.9 Å². The van der Waals surface area contributed by atoms with Crippen molar-refractivity contribution in [2.45, 2.75) is 83.2 Å². The Balaban J connectivity index is 1.18. The van der Waals surface area contributed by atoms with Gasteiger partial charge in [-0.25, -0.2) is 4.79 Å². The molecule has 3 aliphatic heterocycles. The zero-order valence-electron chi connectivity index (χ0n) is 29.3. The fraction of sp³-hybridized carbons (Fsp3) is 0.585.